The van der Waals surface area contributed by atoms with Crippen molar-refractivity contribution in [3.05, 3.63) is 66.1 Å². The fraction of sp³-hybridized carbons (Fsp3) is 0.318. The maximum atomic E-state index is 12.7. The number of benzene rings is 2. The predicted octanol–water partition coefficient (Wildman–Crippen LogP) is 3.63. The molecule has 0 spiro atoms. The Kier molecular flexibility index (Phi) is 5.86. The summed E-state index contributed by atoms with van der Waals surface area (Å²) in [5, 5.41) is 8.36. The topological polar surface area (TPSA) is 77.7 Å². The van der Waals surface area contributed by atoms with Crippen molar-refractivity contribution in [3.8, 4) is 17.2 Å². The summed E-state index contributed by atoms with van der Waals surface area (Å²) < 4.78 is 16.7. The van der Waals surface area contributed by atoms with E-state index >= 15 is 0 Å². The minimum Gasteiger partial charge on any atom is -0.497 e. The molecule has 1 aliphatic heterocycles. The Morgan fingerprint density at radius 2 is 2.03 bits per heavy atom. The monoisotopic (exact) mass is 393 g/mol. The van der Waals surface area contributed by atoms with Crippen LogP contribution >= 0.6 is 0 Å². The van der Waals surface area contributed by atoms with Crippen LogP contribution in [-0.4, -0.2) is 41.3 Å². The Morgan fingerprint density at radius 3 is 2.86 bits per heavy atom. The van der Waals surface area contributed by atoms with Crippen molar-refractivity contribution in [1.82, 2.24) is 15.1 Å². The zero-order chi connectivity index (χ0) is 20.1. The van der Waals surface area contributed by atoms with Gasteiger partial charge in [-0.2, -0.15) is 0 Å². The van der Waals surface area contributed by atoms with Crippen LogP contribution in [-0.2, 0) is 16.1 Å². The van der Waals surface area contributed by atoms with Gasteiger partial charge in [-0.3, -0.25) is 4.79 Å². The third-order valence-electron chi connectivity index (χ3n) is 4.95. The molecule has 1 fully saturated rings. The maximum Gasteiger partial charge on any atom is 0.249 e. The lowest BCUT2D eigenvalue weighted by atomic mass is 10.2. The number of methoxy groups -OCH3 is 1. The molecular formula is C22H23N3O4. The van der Waals surface area contributed by atoms with Gasteiger partial charge in [-0.25, -0.2) is 0 Å². The van der Waals surface area contributed by atoms with Crippen LogP contribution in [0, 0.1) is 0 Å². The number of carbonyl (C=O) groups excluding carboxylic acids is 1. The smallest absolute Gasteiger partial charge is 0.249 e. The van der Waals surface area contributed by atoms with Crippen LogP contribution in [0.1, 0.15) is 30.3 Å². The lowest BCUT2D eigenvalue weighted by molar-refractivity contribution is -0.137. The van der Waals surface area contributed by atoms with E-state index in [9.17, 15) is 4.79 Å². The van der Waals surface area contributed by atoms with E-state index in [0.29, 0.717) is 24.9 Å². The third kappa shape index (κ3) is 4.46. The summed E-state index contributed by atoms with van der Waals surface area (Å²) in [6, 6.07) is 17.0. The summed E-state index contributed by atoms with van der Waals surface area (Å²) in [5.41, 5.74) is 1.82. The lowest BCUT2D eigenvalue weighted by Crippen LogP contribution is -2.33. The Balaban J connectivity index is 1.40. The van der Waals surface area contributed by atoms with Gasteiger partial charge >= 0.3 is 0 Å². The average molecular weight is 393 g/mol. The van der Waals surface area contributed by atoms with Gasteiger partial charge < -0.3 is 18.8 Å². The van der Waals surface area contributed by atoms with Gasteiger partial charge in [0.05, 0.1) is 13.7 Å². The fourth-order valence-corrected chi connectivity index (χ4v) is 3.48. The highest BCUT2D eigenvalue weighted by Gasteiger charge is 2.33. The summed E-state index contributed by atoms with van der Waals surface area (Å²) >= 11 is 0. The van der Waals surface area contributed by atoms with E-state index < -0.39 is 0 Å². The van der Waals surface area contributed by atoms with E-state index in [2.05, 4.69) is 10.2 Å². The summed E-state index contributed by atoms with van der Waals surface area (Å²) in [6.45, 7) is 1.10. The normalized spacial score (nSPS) is 16.2. The molecule has 1 aromatic heterocycles. The van der Waals surface area contributed by atoms with Gasteiger partial charge in [-0.15, -0.1) is 10.2 Å². The molecule has 1 amide bonds. The van der Waals surface area contributed by atoms with Gasteiger partial charge in [-0.1, -0.05) is 36.4 Å². The Morgan fingerprint density at radius 1 is 1.17 bits per heavy atom. The molecule has 2 heterocycles. The van der Waals surface area contributed by atoms with Gasteiger partial charge in [-0.05, 0) is 36.6 Å². The average Bonchev–Trinajstić information content (AvgIpc) is 3.44. The van der Waals surface area contributed by atoms with Gasteiger partial charge in [0.25, 0.3) is 0 Å². The van der Waals surface area contributed by atoms with Crippen molar-refractivity contribution in [2.24, 2.45) is 0 Å². The Bertz CT molecular complexity index is 957. The van der Waals surface area contributed by atoms with Crippen LogP contribution < -0.4 is 4.74 Å². The van der Waals surface area contributed by atoms with Gasteiger partial charge in [0, 0.05) is 12.1 Å². The fourth-order valence-electron chi connectivity index (χ4n) is 3.48. The first-order valence-corrected chi connectivity index (χ1v) is 9.63. The molecular weight excluding hydrogens is 370 g/mol. The zero-order valence-electron chi connectivity index (χ0n) is 16.3. The number of hydrogen-bond acceptors (Lipinski definition) is 6. The van der Waals surface area contributed by atoms with Crippen LogP contribution in [0.3, 0.4) is 0 Å². The molecule has 150 valence electrons. The molecule has 1 aliphatic rings. The number of aromatic nitrogens is 2. The number of hydrogen-bond donors (Lipinski definition) is 0. The standard InChI is InChI=1S/C22H23N3O4/c1-27-18-10-5-9-17(13-18)21-23-24-22(29-21)19-11-6-12-25(19)20(26)15-28-14-16-7-3-2-4-8-16/h2-5,7-10,13,19H,6,11-12,14-15H2,1H3. The van der Waals surface area contributed by atoms with Gasteiger partial charge in [0.2, 0.25) is 17.7 Å². The van der Waals surface area contributed by atoms with E-state index in [0.717, 1.165) is 29.7 Å². The molecule has 3 aromatic rings. The van der Waals surface area contributed by atoms with Crippen molar-refractivity contribution < 1.29 is 18.7 Å². The van der Waals surface area contributed by atoms with Crippen LogP contribution in [0.4, 0.5) is 0 Å². The molecule has 1 atom stereocenters. The molecule has 0 aliphatic carbocycles. The largest absolute Gasteiger partial charge is 0.497 e. The molecule has 4 rings (SSSR count). The van der Waals surface area contributed by atoms with Gasteiger partial charge in [0.15, 0.2) is 0 Å². The van der Waals surface area contributed by atoms with E-state index in [1.165, 1.54) is 0 Å². The second-order valence-electron chi connectivity index (χ2n) is 6.90. The third-order valence-corrected chi connectivity index (χ3v) is 4.95. The van der Waals surface area contributed by atoms with E-state index in [1.54, 1.807) is 12.0 Å². The van der Waals surface area contributed by atoms with Crippen molar-refractivity contribution in [2.45, 2.75) is 25.5 Å². The maximum absolute atomic E-state index is 12.7. The number of rotatable bonds is 7. The van der Waals surface area contributed by atoms with Crippen molar-refractivity contribution in [2.75, 3.05) is 20.3 Å². The minimum absolute atomic E-state index is 0.0300. The summed E-state index contributed by atoms with van der Waals surface area (Å²) in [5.74, 6) is 1.52. The minimum atomic E-state index is -0.213. The number of ether oxygens (including phenoxy) is 2. The second kappa shape index (κ2) is 8.87. The van der Waals surface area contributed by atoms with Crippen LogP contribution in [0.5, 0.6) is 5.75 Å². The number of amides is 1. The van der Waals surface area contributed by atoms with E-state index in [4.69, 9.17) is 13.9 Å². The first-order chi connectivity index (χ1) is 14.2. The lowest BCUT2D eigenvalue weighted by Gasteiger charge is -2.21. The van der Waals surface area contributed by atoms with Crippen molar-refractivity contribution >= 4 is 5.91 Å². The molecule has 29 heavy (non-hydrogen) atoms. The number of carbonyl (C=O) groups is 1. The highest BCUT2D eigenvalue weighted by atomic mass is 16.5. The molecule has 1 saturated heterocycles. The van der Waals surface area contributed by atoms with Crippen LogP contribution in [0.2, 0.25) is 0 Å². The Hall–Kier alpha value is -3.19. The quantitative estimate of drug-likeness (QED) is 0.610. The van der Waals surface area contributed by atoms with Crippen LogP contribution in [0.15, 0.2) is 59.0 Å². The molecule has 0 radical (unpaired) electrons. The molecule has 0 saturated carbocycles. The van der Waals surface area contributed by atoms with E-state index in [-0.39, 0.29) is 18.6 Å². The zero-order valence-corrected chi connectivity index (χ0v) is 16.3. The summed E-state index contributed by atoms with van der Waals surface area (Å²) in [6.07, 6.45) is 1.69. The first kappa shape index (κ1) is 19.1. The SMILES string of the molecule is COc1cccc(-c2nnc(C3CCCN3C(=O)COCc3ccccc3)o2)c1. The van der Waals surface area contributed by atoms with Crippen molar-refractivity contribution in [3.63, 3.8) is 0 Å². The Labute approximate surface area is 169 Å². The number of likely N-dealkylation sites (tertiary alicyclic amines) is 1. The molecule has 7 heteroatoms. The summed E-state index contributed by atoms with van der Waals surface area (Å²) in [7, 11) is 1.61. The molecule has 0 N–H and O–H groups in total. The molecule has 1 unspecified atom stereocenters. The molecule has 2 aromatic carbocycles. The second-order valence-corrected chi connectivity index (χ2v) is 6.90. The molecule has 7 nitrogen and oxygen atoms in total. The predicted molar refractivity (Wildman–Crippen MR) is 106 cm³/mol. The van der Waals surface area contributed by atoms with Crippen molar-refractivity contribution in [1.29, 1.82) is 0 Å². The number of nitrogens with zero attached hydrogens (tertiary/aromatic N) is 3. The summed E-state index contributed by atoms with van der Waals surface area (Å²) in [4.78, 5) is 14.4. The first-order valence-electron chi connectivity index (χ1n) is 9.63. The van der Waals surface area contributed by atoms with E-state index in [1.807, 2.05) is 54.6 Å². The molecule has 0 bridgehead atoms. The van der Waals surface area contributed by atoms with Crippen LogP contribution in [0.25, 0.3) is 11.5 Å². The van der Waals surface area contributed by atoms with Gasteiger partial charge in [0.1, 0.15) is 18.4 Å². The highest BCUT2D eigenvalue weighted by molar-refractivity contribution is 5.78. The highest BCUT2D eigenvalue weighted by Crippen LogP contribution is 2.33.